The summed E-state index contributed by atoms with van der Waals surface area (Å²) in [5.41, 5.74) is 1.60. The lowest BCUT2D eigenvalue weighted by molar-refractivity contribution is 0.0786. The van der Waals surface area contributed by atoms with Crippen LogP contribution in [0.4, 0.5) is 0 Å². The molecule has 2 aliphatic rings. The van der Waals surface area contributed by atoms with Crippen LogP contribution in [0, 0.1) is 5.92 Å². The molecule has 3 rings (SSSR count). The fraction of sp³-hybridized carbons (Fsp3) is 0.733. The van der Waals surface area contributed by atoms with Gasteiger partial charge in [0.25, 0.3) is 5.91 Å². The Bertz CT molecular complexity index is 664. The molecule has 0 radical (unpaired) electrons. The number of amides is 1. The molecule has 1 aliphatic heterocycles. The van der Waals surface area contributed by atoms with Crippen LogP contribution in [-0.4, -0.2) is 48.3 Å². The first-order chi connectivity index (χ1) is 10.9. The molecule has 128 valence electrons. The van der Waals surface area contributed by atoms with Gasteiger partial charge in [0.05, 0.1) is 23.2 Å². The summed E-state index contributed by atoms with van der Waals surface area (Å²) in [5, 5.41) is 12.2. The Kier molecular flexibility index (Phi) is 4.72. The van der Waals surface area contributed by atoms with Crippen molar-refractivity contribution in [2.45, 2.75) is 44.4 Å². The summed E-state index contributed by atoms with van der Waals surface area (Å²) in [4.78, 5) is 14.5. The van der Waals surface area contributed by atoms with E-state index in [1.807, 2.05) is 0 Å². The van der Waals surface area contributed by atoms with Gasteiger partial charge in [-0.2, -0.15) is 5.10 Å². The van der Waals surface area contributed by atoms with Gasteiger partial charge < -0.3 is 4.90 Å². The van der Waals surface area contributed by atoms with Crippen molar-refractivity contribution < 1.29 is 13.2 Å². The monoisotopic (exact) mass is 340 g/mol. The number of rotatable bonds is 4. The van der Waals surface area contributed by atoms with Crippen molar-refractivity contribution in [1.29, 1.82) is 0 Å². The molecule has 8 heteroatoms. The number of hydrogen-bond donors (Lipinski definition) is 2. The van der Waals surface area contributed by atoms with Gasteiger partial charge in [-0.3, -0.25) is 9.89 Å². The first kappa shape index (κ1) is 16.4. The molecule has 7 nitrogen and oxygen atoms in total. The van der Waals surface area contributed by atoms with Crippen LogP contribution >= 0.6 is 0 Å². The van der Waals surface area contributed by atoms with Crippen LogP contribution < -0.4 is 5.14 Å². The van der Waals surface area contributed by atoms with Crippen LogP contribution in [0.2, 0.25) is 0 Å². The Labute approximate surface area is 136 Å². The second kappa shape index (κ2) is 6.60. The molecule has 1 saturated carbocycles. The van der Waals surface area contributed by atoms with E-state index in [4.69, 9.17) is 5.14 Å². The number of likely N-dealkylation sites (tertiary alicyclic amines) is 1. The average Bonchev–Trinajstić information content (AvgIpc) is 3.15. The van der Waals surface area contributed by atoms with Gasteiger partial charge in [-0.1, -0.05) is 19.3 Å². The van der Waals surface area contributed by atoms with Crippen molar-refractivity contribution in [3.63, 3.8) is 0 Å². The summed E-state index contributed by atoms with van der Waals surface area (Å²) in [5.74, 6) is 0.209. The van der Waals surface area contributed by atoms with E-state index in [0.29, 0.717) is 31.0 Å². The minimum absolute atomic E-state index is 0.0451. The zero-order valence-electron chi connectivity index (χ0n) is 13.2. The zero-order chi connectivity index (χ0) is 16.4. The number of H-pyrrole nitrogens is 1. The van der Waals surface area contributed by atoms with Crippen LogP contribution in [0.25, 0.3) is 0 Å². The summed E-state index contributed by atoms with van der Waals surface area (Å²) in [6.07, 6.45) is 8.12. The lowest BCUT2D eigenvalue weighted by Gasteiger charge is -2.23. The van der Waals surface area contributed by atoms with Crippen molar-refractivity contribution in [2.75, 3.05) is 18.8 Å². The fourth-order valence-electron chi connectivity index (χ4n) is 3.82. The van der Waals surface area contributed by atoms with Gasteiger partial charge in [-0.25, -0.2) is 13.6 Å². The number of nitrogens with one attached hydrogen (secondary N) is 1. The number of nitrogens with two attached hydrogens (primary N) is 1. The molecule has 1 amide bonds. The summed E-state index contributed by atoms with van der Waals surface area (Å²) in [6, 6.07) is 0. The van der Waals surface area contributed by atoms with Crippen LogP contribution in [-0.2, 0) is 10.0 Å². The zero-order valence-corrected chi connectivity index (χ0v) is 14.0. The Hall–Kier alpha value is -1.41. The van der Waals surface area contributed by atoms with Crippen molar-refractivity contribution >= 4 is 15.9 Å². The first-order valence-electron chi connectivity index (χ1n) is 8.27. The largest absolute Gasteiger partial charge is 0.338 e. The van der Waals surface area contributed by atoms with E-state index < -0.39 is 10.0 Å². The Balaban J connectivity index is 1.68. The number of aromatic nitrogens is 2. The molecule has 0 bridgehead atoms. The maximum atomic E-state index is 12.8. The van der Waals surface area contributed by atoms with Crippen LogP contribution in [0.1, 0.15) is 60.5 Å². The number of hydrogen-bond acceptors (Lipinski definition) is 4. The van der Waals surface area contributed by atoms with Crippen molar-refractivity contribution in [3.05, 3.63) is 17.5 Å². The number of sulfonamides is 1. The van der Waals surface area contributed by atoms with Gasteiger partial charge in [0.15, 0.2) is 0 Å². The number of aromatic amines is 1. The lowest BCUT2D eigenvalue weighted by atomic mass is 9.85. The molecule has 2 heterocycles. The number of primary sulfonamides is 1. The standard InChI is InChI=1S/C15H24N4O3S/c16-23(21,22)10-11-6-7-19(9-11)15(20)13-8-17-18-14(13)12-4-2-1-3-5-12/h8,11-12H,1-7,9-10H2,(H,17,18)(H2,16,21,22)/t11-/m1/s1. The van der Waals surface area contributed by atoms with Crippen molar-refractivity contribution in [1.82, 2.24) is 15.1 Å². The molecule has 3 N–H and O–H groups in total. The minimum Gasteiger partial charge on any atom is -0.338 e. The normalized spacial score (nSPS) is 23.3. The average molecular weight is 340 g/mol. The highest BCUT2D eigenvalue weighted by atomic mass is 32.2. The molecular weight excluding hydrogens is 316 g/mol. The quantitative estimate of drug-likeness (QED) is 0.858. The van der Waals surface area contributed by atoms with E-state index >= 15 is 0 Å². The molecule has 0 spiro atoms. The van der Waals surface area contributed by atoms with Crippen molar-refractivity contribution in [3.8, 4) is 0 Å². The van der Waals surface area contributed by atoms with E-state index in [1.165, 1.54) is 19.3 Å². The molecule has 2 fully saturated rings. The number of nitrogens with zero attached hydrogens (tertiary/aromatic N) is 2. The molecule has 1 aromatic rings. The molecule has 1 atom stereocenters. The van der Waals surface area contributed by atoms with E-state index in [0.717, 1.165) is 18.5 Å². The molecule has 1 aromatic heterocycles. The predicted octanol–water partition coefficient (Wildman–Crippen LogP) is 1.21. The highest BCUT2D eigenvalue weighted by Gasteiger charge is 2.32. The van der Waals surface area contributed by atoms with E-state index in [2.05, 4.69) is 10.2 Å². The highest BCUT2D eigenvalue weighted by molar-refractivity contribution is 7.89. The number of carbonyl (C=O) groups is 1. The molecule has 0 unspecified atom stereocenters. The van der Waals surface area contributed by atoms with Crippen LogP contribution in [0.3, 0.4) is 0 Å². The predicted molar refractivity (Wildman–Crippen MR) is 86.4 cm³/mol. The van der Waals surface area contributed by atoms with Gasteiger partial charge >= 0.3 is 0 Å². The van der Waals surface area contributed by atoms with Crippen molar-refractivity contribution in [2.24, 2.45) is 11.1 Å². The van der Waals surface area contributed by atoms with Gasteiger partial charge in [0.1, 0.15) is 0 Å². The van der Waals surface area contributed by atoms with Gasteiger partial charge in [0.2, 0.25) is 10.0 Å². The molecule has 0 aromatic carbocycles. The fourth-order valence-corrected chi connectivity index (χ4v) is 4.75. The molecule has 23 heavy (non-hydrogen) atoms. The molecule has 1 aliphatic carbocycles. The van der Waals surface area contributed by atoms with Gasteiger partial charge in [-0.15, -0.1) is 0 Å². The summed E-state index contributed by atoms with van der Waals surface area (Å²) in [7, 11) is -3.49. The second-order valence-electron chi connectivity index (χ2n) is 6.77. The lowest BCUT2D eigenvalue weighted by Crippen LogP contribution is -2.31. The third-order valence-corrected chi connectivity index (χ3v) is 5.89. The second-order valence-corrected chi connectivity index (χ2v) is 8.43. The Morgan fingerprint density at radius 2 is 2.04 bits per heavy atom. The maximum Gasteiger partial charge on any atom is 0.257 e. The van der Waals surface area contributed by atoms with E-state index in [-0.39, 0.29) is 17.6 Å². The molecule has 1 saturated heterocycles. The highest BCUT2D eigenvalue weighted by Crippen LogP contribution is 2.34. The van der Waals surface area contributed by atoms with Crippen LogP contribution in [0.15, 0.2) is 6.20 Å². The minimum atomic E-state index is -3.49. The summed E-state index contributed by atoms with van der Waals surface area (Å²) >= 11 is 0. The topological polar surface area (TPSA) is 109 Å². The third kappa shape index (κ3) is 3.92. The summed E-state index contributed by atoms with van der Waals surface area (Å²) < 4.78 is 22.4. The Morgan fingerprint density at radius 1 is 1.30 bits per heavy atom. The van der Waals surface area contributed by atoms with Crippen LogP contribution in [0.5, 0.6) is 0 Å². The summed E-state index contributed by atoms with van der Waals surface area (Å²) in [6.45, 7) is 1.03. The molecular formula is C15H24N4O3S. The first-order valence-corrected chi connectivity index (χ1v) is 9.98. The SMILES string of the molecule is NS(=O)(=O)C[C@@H]1CCN(C(=O)c2cn[nH]c2C2CCCCC2)C1. The number of carbonyl (C=O) groups excluding carboxylic acids is 1. The van der Waals surface area contributed by atoms with Gasteiger partial charge in [-0.05, 0) is 25.2 Å². The van der Waals surface area contributed by atoms with Gasteiger partial charge in [0, 0.05) is 19.0 Å². The van der Waals surface area contributed by atoms with E-state index in [1.54, 1.807) is 11.1 Å². The Morgan fingerprint density at radius 3 is 2.74 bits per heavy atom. The van der Waals surface area contributed by atoms with E-state index in [9.17, 15) is 13.2 Å². The smallest absolute Gasteiger partial charge is 0.257 e. The third-order valence-electron chi connectivity index (χ3n) is 4.95. The maximum absolute atomic E-state index is 12.8.